The number of carbonyl (C=O) groups excluding carboxylic acids is 1. The number of anilines is 2. The van der Waals surface area contributed by atoms with Gasteiger partial charge >= 0.3 is 6.18 Å². The Morgan fingerprint density at radius 1 is 1.14 bits per heavy atom. The summed E-state index contributed by atoms with van der Waals surface area (Å²) in [6.45, 7) is 0. The SMILES string of the molecule is CNc1cnccc1C(=O)Nc1ccc(C(F)(F)F)cc1. The second kappa shape index (κ2) is 5.82. The second-order valence-electron chi connectivity index (χ2n) is 4.20. The molecule has 0 radical (unpaired) electrons. The largest absolute Gasteiger partial charge is 0.416 e. The Bertz CT molecular complexity index is 639. The van der Waals surface area contributed by atoms with Crippen molar-refractivity contribution in [3.05, 3.63) is 53.9 Å². The van der Waals surface area contributed by atoms with Gasteiger partial charge in [0.2, 0.25) is 0 Å². The van der Waals surface area contributed by atoms with Crippen molar-refractivity contribution in [2.45, 2.75) is 6.18 Å². The van der Waals surface area contributed by atoms with Crippen molar-refractivity contribution < 1.29 is 18.0 Å². The van der Waals surface area contributed by atoms with Gasteiger partial charge in [-0.1, -0.05) is 0 Å². The number of aromatic nitrogens is 1. The molecule has 0 atom stereocenters. The fourth-order valence-electron chi connectivity index (χ4n) is 1.73. The summed E-state index contributed by atoms with van der Waals surface area (Å²) in [6.07, 6.45) is -1.45. The number of pyridine rings is 1. The number of hydrogen-bond donors (Lipinski definition) is 2. The lowest BCUT2D eigenvalue weighted by atomic mass is 10.1. The molecule has 0 aliphatic carbocycles. The third-order valence-electron chi connectivity index (χ3n) is 2.81. The van der Waals surface area contributed by atoms with E-state index in [1.807, 2.05) is 0 Å². The summed E-state index contributed by atoms with van der Waals surface area (Å²) < 4.78 is 37.3. The maximum Gasteiger partial charge on any atom is 0.416 e. The van der Waals surface area contributed by atoms with Crippen LogP contribution in [0.3, 0.4) is 0 Å². The molecule has 0 aliphatic rings. The number of halogens is 3. The first kappa shape index (κ1) is 14.8. The van der Waals surface area contributed by atoms with Gasteiger partial charge in [0.25, 0.3) is 5.91 Å². The maximum atomic E-state index is 12.4. The van der Waals surface area contributed by atoms with Crippen LogP contribution >= 0.6 is 0 Å². The monoisotopic (exact) mass is 295 g/mol. The summed E-state index contributed by atoms with van der Waals surface area (Å²) in [5, 5.41) is 5.36. The van der Waals surface area contributed by atoms with E-state index in [2.05, 4.69) is 15.6 Å². The molecular weight excluding hydrogens is 283 g/mol. The second-order valence-corrected chi connectivity index (χ2v) is 4.20. The summed E-state index contributed by atoms with van der Waals surface area (Å²) in [4.78, 5) is 16.0. The fraction of sp³-hybridized carbons (Fsp3) is 0.143. The first-order valence-electron chi connectivity index (χ1n) is 6.02. The van der Waals surface area contributed by atoms with E-state index in [-0.39, 0.29) is 5.69 Å². The van der Waals surface area contributed by atoms with E-state index in [4.69, 9.17) is 0 Å². The summed E-state index contributed by atoms with van der Waals surface area (Å²) >= 11 is 0. The molecule has 0 fully saturated rings. The van der Waals surface area contributed by atoms with Crippen LogP contribution in [0.15, 0.2) is 42.7 Å². The molecular formula is C14H12F3N3O. The van der Waals surface area contributed by atoms with E-state index in [1.54, 1.807) is 7.05 Å². The lowest BCUT2D eigenvalue weighted by molar-refractivity contribution is -0.137. The summed E-state index contributed by atoms with van der Waals surface area (Å²) in [5.41, 5.74) is 0.404. The van der Waals surface area contributed by atoms with Gasteiger partial charge in [-0.05, 0) is 30.3 Å². The van der Waals surface area contributed by atoms with Crippen molar-refractivity contribution in [3.8, 4) is 0 Å². The van der Waals surface area contributed by atoms with E-state index < -0.39 is 17.6 Å². The van der Waals surface area contributed by atoms with Crippen molar-refractivity contribution in [1.82, 2.24) is 4.98 Å². The van der Waals surface area contributed by atoms with E-state index >= 15 is 0 Å². The van der Waals surface area contributed by atoms with Gasteiger partial charge < -0.3 is 10.6 Å². The number of carbonyl (C=O) groups is 1. The van der Waals surface area contributed by atoms with Gasteiger partial charge in [-0.25, -0.2) is 0 Å². The van der Waals surface area contributed by atoms with E-state index in [9.17, 15) is 18.0 Å². The normalized spacial score (nSPS) is 11.0. The molecule has 2 aromatic rings. The highest BCUT2D eigenvalue weighted by Crippen LogP contribution is 2.30. The molecule has 0 spiro atoms. The highest BCUT2D eigenvalue weighted by Gasteiger charge is 2.30. The third-order valence-corrected chi connectivity index (χ3v) is 2.81. The highest BCUT2D eigenvalue weighted by atomic mass is 19.4. The zero-order chi connectivity index (χ0) is 15.5. The Morgan fingerprint density at radius 3 is 2.38 bits per heavy atom. The highest BCUT2D eigenvalue weighted by molar-refractivity contribution is 6.07. The van der Waals surface area contributed by atoms with E-state index in [1.165, 1.54) is 30.6 Å². The van der Waals surface area contributed by atoms with Crippen molar-refractivity contribution in [3.63, 3.8) is 0 Å². The molecule has 0 aliphatic heterocycles. The molecule has 0 saturated carbocycles. The predicted molar refractivity (Wildman–Crippen MR) is 73.2 cm³/mol. The minimum Gasteiger partial charge on any atom is -0.386 e. The van der Waals surface area contributed by atoms with Crippen molar-refractivity contribution in [2.24, 2.45) is 0 Å². The van der Waals surface area contributed by atoms with Gasteiger partial charge in [0, 0.05) is 18.9 Å². The van der Waals surface area contributed by atoms with Crippen LogP contribution in [0.1, 0.15) is 15.9 Å². The van der Waals surface area contributed by atoms with Crippen LogP contribution < -0.4 is 10.6 Å². The van der Waals surface area contributed by atoms with Crippen LogP contribution in [-0.2, 0) is 6.18 Å². The van der Waals surface area contributed by atoms with Gasteiger partial charge in [-0.3, -0.25) is 9.78 Å². The first-order chi connectivity index (χ1) is 9.91. The van der Waals surface area contributed by atoms with Crippen molar-refractivity contribution in [1.29, 1.82) is 0 Å². The van der Waals surface area contributed by atoms with Gasteiger partial charge in [0.15, 0.2) is 0 Å². The maximum absolute atomic E-state index is 12.4. The molecule has 0 bridgehead atoms. The smallest absolute Gasteiger partial charge is 0.386 e. The minimum absolute atomic E-state index is 0.284. The lowest BCUT2D eigenvalue weighted by Crippen LogP contribution is -2.14. The zero-order valence-corrected chi connectivity index (χ0v) is 11.0. The Kier molecular flexibility index (Phi) is 4.11. The quantitative estimate of drug-likeness (QED) is 0.912. The van der Waals surface area contributed by atoms with Gasteiger partial charge in [0.05, 0.1) is 23.0 Å². The van der Waals surface area contributed by atoms with Gasteiger partial charge in [-0.15, -0.1) is 0 Å². The summed E-state index contributed by atoms with van der Waals surface area (Å²) in [6, 6.07) is 5.77. The lowest BCUT2D eigenvalue weighted by Gasteiger charge is -2.10. The first-order valence-corrected chi connectivity index (χ1v) is 6.02. The molecule has 2 rings (SSSR count). The van der Waals surface area contributed by atoms with Gasteiger partial charge in [-0.2, -0.15) is 13.2 Å². The fourth-order valence-corrected chi connectivity index (χ4v) is 1.73. The molecule has 7 heteroatoms. The molecule has 1 heterocycles. The summed E-state index contributed by atoms with van der Waals surface area (Å²) in [5.74, 6) is -0.429. The molecule has 1 aromatic carbocycles. The molecule has 1 amide bonds. The molecule has 4 nitrogen and oxygen atoms in total. The van der Waals surface area contributed by atoms with Crippen LogP contribution in [0, 0.1) is 0 Å². The molecule has 110 valence electrons. The average Bonchev–Trinajstić information content (AvgIpc) is 2.46. The molecule has 0 saturated heterocycles. The molecule has 1 aromatic heterocycles. The Hall–Kier alpha value is -2.57. The number of nitrogens with zero attached hydrogens (tertiary/aromatic N) is 1. The Labute approximate surface area is 119 Å². The van der Waals surface area contributed by atoms with Crippen LogP contribution in [0.25, 0.3) is 0 Å². The zero-order valence-electron chi connectivity index (χ0n) is 11.0. The number of hydrogen-bond acceptors (Lipinski definition) is 3. The predicted octanol–water partition coefficient (Wildman–Crippen LogP) is 3.39. The summed E-state index contributed by atoms with van der Waals surface area (Å²) in [7, 11) is 1.64. The number of amides is 1. The molecule has 21 heavy (non-hydrogen) atoms. The standard InChI is InChI=1S/C14H12F3N3O/c1-18-12-8-19-7-6-11(12)13(21)20-10-4-2-9(3-5-10)14(15,16)17/h2-8,18H,1H3,(H,20,21). The topological polar surface area (TPSA) is 54.0 Å². The van der Waals surface area contributed by atoms with E-state index in [0.29, 0.717) is 11.3 Å². The van der Waals surface area contributed by atoms with Crippen LogP contribution in [0.2, 0.25) is 0 Å². The Morgan fingerprint density at radius 2 is 1.81 bits per heavy atom. The van der Waals surface area contributed by atoms with Crippen molar-refractivity contribution in [2.75, 3.05) is 17.7 Å². The van der Waals surface area contributed by atoms with Crippen LogP contribution in [-0.4, -0.2) is 17.9 Å². The third kappa shape index (κ3) is 3.50. The number of rotatable bonds is 3. The molecule has 2 N–H and O–H groups in total. The minimum atomic E-state index is -4.40. The van der Waals surface area contributed by atoms with E-state index in [0.717, 1.165) is 12.1 Å². The molecule has 0 unspecified atom stereocenters. The Balaban J connectivity index is 2.16. The number of nitrogens with one attached hydrogen (secondary N) is 2. The number of alkyl halides is 3. The van der Waals surface area contributed by atoms with Crippen LogP contribution in [0.4, 0.5) is 24.5 Å². The van der Waals surface area contributed by atoms with Crippen molar-refractivity contribution >= 4 is 17.3 Å². The van der Waals surface area contributed by atoms with Gasteiger partial charge in [0.1, 0.15) is 0 Å². The van der Waals surface area contributed by atoms with Crippen LogP contribution in [0.5, 0.6) is 0 Å². The number of benzene rings is 1. The average molecular weight is 295 g/mol.